The number of hydrogen-bond donors (Lipinski definition) is 0. The average molecular weight is 722 g/mol. The molecule has 0 radical (unpaired) electrons. The second-order valence-corrected chi connectivity index (χ2v) is 12.1. The molecule has 0 saturated heterocycles. The molecular formula is C35H32ClN3O10S. The Morgan fingerprint density at radius 1 is 1.00 bits per heavy atom. The summed E-state index contributed by atoms with van der Waals surface area (Å²) in [4.78, 5) is 54.9. The van der Waals surface area contributed by atoms with Crippen LogP contribution in [0, 0.1) is 10.1 Å². The van der Waals surface area contributed by atoms with Crippen molar-refractivity contribution < 1.29 is 38.2 Å². The number of hydrogen-bond acceptors (Lipinski definition) is 12. The third-order valence-electron chi connectivity index (χ3n) is 7.47. The highest BCUT2D eigenvalue weighted by atomic mass is 35.5. The van der Waals surface area contributed by atoms with E-state index in [-0.39, 0.29) is 48.0 Å². The lowest BCUT2D eigenvalue weighted by atomic mass is 9.95. The number of rotatable bonds is 13. The maximum absolute atomic E-state index is 14.3. The summed E-state index contributed by atoms with van der Waals surface area (Å²) in [5, 5.41) is 11.4. The van der Waals surface area contributed by atoms with Crippen LogP contribution >= 0.6 is 22.9 Å². The van der Waals surface area contributed by atoms with Crippen molar-refractivity contribution in [3.05, 3.63) is 123 Å². The zero-order valence-electron chi connectivity index (χ0n) is 27.5. The predicted molar refractivity (Wildman–Crippen MR) is 184 cm³/mol. The topological polar surface area (TPSA) is 158 Å². The molecule has 15 heteroatoms. The summed E-state index contributed by atoms with van der Waals surface area (Å²) >= 11 is 7.47. The van der Waals surface area contributed by atoms with Crippen LogP contribution in [-0.2, 0) is 25.7 Å². The Labute approximate surface area is 294 Å². The van der Waals surface area contributed by atoms with Crippen molar-refractivity contribution in [2.24, 2.45) is 4.99 Å². The number of aromatic nitrogens is 1. The molecule has 1 aliphatic heterocycles. The van der Waals surface area contributed by atoms with E-state index < -0.39 is 28.5 Å². The van der Waals surface area contributed by atoms with Crippen molar-refractivity contribution in [2.45, 2.75) is 33.4 Å². The summed E-state index contributed by atoms with van der Waals surface area (Å²) in [6.45, 7) is 5.28. The quantitative estimate of drug-likeness (QED) is 0.106. The molecule has 4 aromatic rings. The largest absolute Gasteiger partial charge is 0.490 e. The van der Waals surface area contributed by atoms with Crippen molar-refractivity contribution in [1.29, 1.82) is 0 Å². The fourth-order valence-corrected chi connectivity index (χ4v) is 6.38. The number of benzene rings is 3. The van der Waals surface area contributed by atoms with Gasteiger partial charge in [0, 0.05) is 22.7 Å². The summed E-state index contributed by atoms with van der Waals surface area (Å²) < 4.78 is 29.3. The molecule has 0 saturated carbocycles. The number of halogens is 1. The van der Waals surface area contributed by atoms with E-state index in [0.29, 0.717) is 43.7 Å². The first-order valence-electron chi connectivity index (χ1n) is 15.4. The fourth-order valence-electron chi connectivity index (χ4n) is 5.16. The first-order chi connectivity index (χ1) is 24.0. The van der Waals surface area contributed by atoms with Crippen molar-refractivity contribution in [1.82, 2.24) is 4.57 Å². The molecule has 0 unspecified atom stereocenters. The Kier molecular flexibility index (Phi) is 11.3. The van der Waals surface area contributed by atoms with Crippen LogP contribution in [0.3, 0.4) is 0 Å². The first-order valence-corrected chi connectivity index (χ1v) is 16.6. The Morgan fingerprint density at radius 2 is 1.74 bits per heavy atom. The van der Waals surface area contributed by atoms with Crippen LogP contribution in [0.2, 0.25) is 5.02 Å². The highest BCUT2D eigenvalue weighted by Crippen LogP contribution is 2.36. The summed E-state index contributed by atoms with van der Waals surface area (Å²) in [5.41, 5.74) is 1.80. The molecule has 1 aliphatic rings. The summed E-state index contributed by atoms with van der Waals surface area (Å²) in [6, 6.07) is 14.9. The van der Waals surface area contributed by atoms with E-state index in [1.807, 2.05) is 0 Å². The van der Waals surface area contributed by atoms with Crippen molar-refractivity contribution in [3.63, 3.8) is 0 Å². The minimum atomic E-state index is -0.946. The molecule has 50 heavy (non-hydrogen) atoms. The number of esters is 2. The average Bonchev–Trinajstić information content (AvgIpc) is 3.40. The number of fused-ring (bicyclic) bond motifs is 1. The van der Waals surface area contributed by atoms with Gasteiger partial charge in [-0.05, 0) is 80.4 Å². The Bertz CT molecular complexity index is 2160. The van der Waals surface area contributed by atoms with Gasteiger partial charge in [-0.25, -0.2) is 14.6 Å². The van der Waals surface area contributed by atoms with Gasteiger partial charge in [0.15, 0.2) is 22.9 Å². The minimum Gasteiger partial charge on any atom is -0.490 e. The molecule has 3 aromatic carbocycles. The van der Waals surface area contributed by atoms with Gasteiger partial charge in [-0.3, -0.25) is 19.5 Å². The molecule has 0 amide bonds. The van der Waals surface area contributed by atoms with Crippen LogP contribution in [0.25, 0.3) is 6.08 Å². The van der Waals surface area contributed by atoms with E-state index in [1.54, 1.807) is 75.4 Å². The number of thiazole rings is 1. The SMILES string of the molecule is CCOC(=O)C1=C(C)N=c2s/c(=C/c3cc(Cl)ccc3OCc3ccc([N+](=O)[O-])cc3)c(=O)n2[C@H]1c1ccc(OCC(=O)OC)c(OCC)c1. The van der Waals surface area contributed by atoms with Gasteiger partial charge in [-0.2, -0.15) is 0 Å². The number of carbonyl (C=O) groups excluding carboxylic acids is 2. The maximum Gasteiger partial charge on any atom is 0.343 e. The van der Waals surface area contributed by atoms with E-state index in [4.69, 9.17) is 30.5 Å². The second kappa shape index (κ2) is 15.8. The standard InChI is InChI=1S/C35H32ClN3O10S/c1-5-46-28-16-22(9-13-27(28)49-19-30(40)45-4)32-31(34(42)47-6-2)20(3)37-35-38(32)33(41)29(50-35)17-23-15-24(36)10-14-26(23)48-18-21-7-11-25(12-8-21)39(43)44/h7-17,32H,5-6,18-19H2,1-4H3/b29-17+/t32-/m0/s1. The molecule has 0 spiro atoms. The van der Waals surface area contributed by atoms with Crippen LogP contribution < -0.4 is 29.1 Å². The van der Waals surface area contributed by atoms with Gasteiger partial charge in [0.1, 0.15) is 12.4 Å². The van der Waals surface area contributed by atoms with Gasteiger partial charge in [-0.1, -0.05) is 29.0 Å². The fraction of sp³-hybridized carbons (Fsp3) is 0.257. The van der Waals surface area contributed by atoms with Crippen LogP contribution in [0.15, 0.2) is 81.7 Å². The Balaban J connectivity index is 1.59. The Hall–Kier alpha value is -5.47. The van der Waals surface area contributed by atoms with Gasteiger partial charge in [0.05, 0.1) is 47.1 Å². The van der Waals surface area contributed by atoms with E-state index in [1.165, 1.54) is 23.8 Å². The van der Waals surface area contributed by atoms with Gasteiger partial charge >= 0.3 is 11.9 Å². The molecule has 5 rings (SSSR count). The minimum absolute atomic E-state index is 0.0343. The molecule has 13 nitrogen and oxygen atoms in total. The number of nitrogens with zero attached hydrogens (tertiary/aromatic N) is 3. The molecule has 0 bridgehead atoms. The summed E-state index contributed by atoms with van der Waals surface area (Å²) in [7, 11) is 1.25. The number of nitro benzene ring substituents is 1. The second-order valence-electron chi connectivity index (χ2n) is 10.7. The smallest absolute Gasteiger partial charge is 0.343 e. The van der Waals surface area contributed by atoms with E-state index in [2.05, 4.69) is 9.73 Å². The molecular weight excluding hydrogens is 690 g/mol. The molecule has 1 aromatic heterocycles. The highest BCUT2D eigenvalue weighted by molar-refractivity contribution is 7.07. The van der Waals surface area contributed by atoms with Gasteiger partial charge in [0.25, 0.3) is 11.2 Å². The molecule has 0 N–H and O–H groups in total. The maximum atomic E-state index is 14.3. The first kappa shape index (κ1) is 35.8. The molecule has 0 fully saturated rings. The van der Waals surface area contributed by atoms with Crippen molar-refractivity contribution in [3.8, 4) is 17.2 Å². The monoisotopic (exact) mass is 721 g/mol. The molecule has 0 aliphatic carbocycles. The third-order valence-corrected chi connectivity index (χ3v) is 8.69. The third kappa shape index (κ3) is 7.87. The van der Waals surface area contributed by atoms with Crippen LogP contribution in [0.5, 0.6) is 17.2 Å². The summed E-state index contributed by atoms with van der Waals surface area (Å²) in [6.07, 6.45) is 1.64. The molecule has 1 atom stereocenters. The lowest BCUT2D eigenvalue weighted by Crippen LogP contribution is -2.40. The van der Waals surface area contributed by atoms with Crippen molar-refractivity contribution in [2.75, 3.05) is 26.9 Å². The zero-order valence-corrected chi connectivity index (χ0v) is 29.0. The van der Waals surface area contributed by atoms with Gasteiger partial charge in [0.2, 0.25) is 0 Å². The zero-order chi connectivity index (χ0) is 35.9. The van der Waals surface area contributed by atoms with E-state index in [0.717, 1.165) is 11.3 Å². The van der Waals surface area contributed by atoms with Crippen LogP contribution in [-0.4, -0.2) is 48.4 Å². The number of methoxy groups -OCH3 is 1. The number of ether oxygens (including phenoxy) is 5. The predicted octanol–water partition coefficient (Wildman–Crippen LogP) is 4.89. The van der Waals surface area contributed by atoms with Crippen molar-refractivity contribution >= 4 is 46.6 Å². The summed E-state index contributed by atoms with van der Waals surface area (Å²) in [5.74, 6) is -0.223. The van der Waals surface area contributed by atoms with Gasteiger partial charge in [-0.15, -0.1) is 0 Å². The molecule has 260 valence electrons. The molecule has 2 heterocycles. The number of non-ortho nitro benzene ring substituents is 1. The van der Waals surface area contributed by atoms with E-state index in [9.17, 15) is 24.5 Å². The van der Waals surface area contributed by atoms with Gasteiger partial charge < -0.3 is 23.7 Å². The normalized spacial score (nSPS) is 14.0. The number of nitro groups is 1. The lowest BCUT2D eigenvalue weighted by Gasteiger charge is -2.25. The van der Waals surface area contributed by atoms with Crippen LogP contribution in [0.1, 0.15) is 43.5 Å². The lowest BCUT2D eigenvalue weighted by molar-refractivity contribution is -0.384. The number of allylic oxidation sites excluding steroid dienone is 1. The number of carbonyl (C=O) groups is 2. The van der Waals surface area contributed by atoms with E-state index >= 15 is 0 Å². The highest BCUT2D eigenvalue weighted by Gasteiger charge is 2.34. The van der Waals surface area contributed by atoms with Crippen LogP contribution in [0.4, 0.5) is 5.69 Å². The Morgan fingerprint density at radius 3 is 2.42 bits per heavy atom.